The molecule has 5 rings (SSSR count). The fraction of sp³-hybridized carbons (Fsp3) is 0.829. The van der Waals surface area contributed by atoms with Gasteiger partial charge in [-0.3, -0.25) is 0 Å². The van der Waals surface area contributed by atoms with Crippen molar-refractivity contribution in [3.8, 4) is 0 Å². The van der Waals surface area contributed by atoms with Crippen LogP contribution in [0.3, 0.4) is 0 Å². The number of allylic oxidation sites excluding steroid dienone is 3. The van der Waals surface area contributed by atoms with Crippen LogP contribution in [0.4, 0.5) is 0 Å². The number of carbonyl (C=O) groups is 1. The lowest BCUT2D eigenvalue weighted by atomic mass is 9.32. The highest BCUT2D eigenvalue weighted by atomic mass is 16.6. The predicted molar refractivity (Wildman–Crippen MR) is 189 cm³/mol. The zero-order chi connectivity index (χ0) is 35.8. The van der Waals surface area contributed by atoms with Crippen LogP contribution in [0.1, 0.15) is 115 Å². The Morgan fingerprint density at radius 2 is 1.58 bits per heavy atom. The molecule has 3 N–H and O–H groups in total. The number of aliphatic hydroxyl groups excluding tert-OH is 3. The third-order valence-corrected chi connectivity index (χ3v) is 15.5. The number of aliphatic hydroxyl groups is 3. The second-order valence-corrected chi connectivity index (χ2v) is 18.4. The van der Waals surface area contributed by atoms with Crippen molar-refractivity contribution in [2.24, 2.45) is 50.2 Å². The summed E-state index contributed by atoms with van der Waals surface area (Å²) in [5, 5.41) is 36.7. The third kappa shape index (κ3) is 5.10. The molecule has 0 spiro atoms. The fourth-order valence-electron chi connectivity index (χ4n) is 12.2. The van der Waals surface area contributed by atoms with Gasteiger partial charge in [-0.15, -0.1) is 0 Å². The SMILES string of the molecule is C/C=C(/C)CO[C@H]1[C@H](OC(=O)/C(C)=C\C)C(C)(C)CC2C3=CCC4[C@@]5(C)CC[C@H](O)C(C)(C)C5CC[C@@]4(C)[C@]3(C)[C@@H](O)[C@@H](O)C21COC. The quantitative estimate of drug-likeness (QED) is 0.150. The molecule has 0 radical (unpaired) electrons. The molecule has 0 aliphatic heterocycles. The van der Waals surface area contributed by atoms with Crippen LogP contribution in [0.5, 0.6) is 0 Å². The molecule has 4 saturated carbocycles. The summed E-state index contributed by atoms with van der Waals surface area (Å²) in [5.74, 6) is 0.101. The maximum Gasteiger partial charge on any atom is 0.333 e. The minimum Gasteiger partial charge on any atom is -0.456 e. The van der Waals surface area contributed by atoms with Crippen molar-refractivity contribution in [1.82, 2.24) is 0 Å². The lowest BCUT2D eigenvalue weighted by Gasteiger charge is -2.73. The summed E-state index contributed by atoms with van der Waals surface area (Å²) < 4.78 is 19.2. The molecule has 5 aliphatic rings. The van der Waals surface area contributed by atoms with Crippen molar-refractivity contribution in [3.05, 3.63) is 34.9 Å². The summed E-state index contributed by atoms with van der Waals surface area (Å²) in [5.41, 5.74) is 0.0259. The highest BCUT2D eigenvalue weighted by Gasteiger charge is 2.75. The number of ether oxygens (including phenoxy) is 3. The standard InChI is InChI=1S/C41H66O7/c1-13-24(3)22-47-34-33(48-35(45)25(4)14-2)36(5,6)21-27-26-15-16-29-38(9)19-18-30(42)37(7,8)28(38)17-20-39(29,10)40(26,11)31(43)32(44)41(27,34)23-46-12/h13-15,27-34,42-44H,16-23H2,1-12H3/b24-13-,25-14-/t27?,28?,29?,30-,31-,32+,33-,34-,38-,39+,40-,41?/m0/s1. The number of fused-ring (bicyclic) bond motifs is 7. The number of methoxy groups -OCH3 is 1. The van der Waals surface area contributed by atoms with Crippen molar-refractivity contribution in [1.29, 1.82) is 0 Å². The van der Waals surface area contributed by atoms with Crippen molar-refractivity contribution < 1.29 is 34.3 Å². The largest absolute Gasteiger partial charge is 0.456 e. The van der Waals surface area contributed by atoms with Crippen LogP contribution in [-0.2, 0) is 19.0 Å². The summed E-state index contributed by atoms with van der Waals surface area (Å²) >= 11 is 0. The smallest absolute Gasteiger partial charge is 0.333 e. The molecule has 4 unspecified atom stereocenters. The first kappa shape index (κ1) is 37.7. The fourth-order valence-corrected chi connectivity index (χ4v) is 12.2. The van der Waals surface area contributed by atoms with Crippen molar-refractivity contribution in [2.45, 2.75) is 145 Å². The second kappa shape index (κ2) is 12.6. The van der Waals surface area contributed by atoms with Gasteiger partial charge in [0, 0.05) is 23.5 Å². The number of hydrogen-bond donors (Lipinski definition) is 3. The molecule has 0 saturated heterocycles. The summed E-state index contributed by atoms with van der Waals surface area (Å²) in [6.45, 7) is 23.9. The first-order chi connectivity index (χ1) is 22.2. The Hall–Kier alpha value is -1.51. The molecule has 7 nitrogen and oxygen atoms in total. The first-order valence-electron chi connectivity index (χ1n) is 18.6. The topological polar surface area (TPSA) is 105 Å². The van der Waals surface area contributed by atoms with Gasteiger partial charge in [0.05, 0.1) is 36.9 Å². The van der Waals surface area contributed by atoms with Crippen LogP contribution < -0.4 is 0 Å². The highest BCUT2D eigenvalue weighted by molar-refractivity contribution is 5.87. The highest BCUT2D eigenvalue weighted by Crippen LogP contribution is 2.76. The minimum atomic E-state index is -1.19. The Kier molecular flexibility index (Phi) is 9.92. The van der Waals surface area contributed by atoms with E-state index in [9.17, 15) is 20.1 Å². The van der Waals surface area contributed by atoms with E-state index >= 15 is 0 Å². The Morgan fingerprint density at radius 3 is 2.19 bits per heavy atom. The van der Waals surface area contributed by atoms with Crippen LogP contribution >= 0.6 is 0 Å². The lowest BCUT2D eigenvalue weighted by molar-refractivity contribution is -0.297. The van der Waals surface area contributed by atoms with Crippen LogP contribution in [0.25, 0.3) is 0 Å². The van der Waals surface area contributed by atoms with E-state index in [1.807, 2.05) is 26.8 Å². The van der Waals surface area contributed by atoms with Gasteiger partial charge in [-0.25, -0.2) is 4.79 Å². The van der Waals surface area contributed by atoms with E-state index in [-0.39, 0.29) is 34.9 Å². The summed E-state index contributed by atoms with van der Waals surface area (Å²) in [6.07, 6.45) is 7.37. The first-order valence-corrected chi connectivity index (χ1v) is 18.6. The molecular weight excluding hydrogens is 604 g/mol. The van der Waals surface area contributed by atoms with Gasteiger partial charge in [0.1, 0.15) is 12.2 Å². The molecule has 7 heteroatoms. The number of carbonyl (C=O) groups excluding carboxylic acids is 1. The Balaban J connectivity index is 1.69. The lowest BCUT2D eigenvalue weighted by Crippen LogP contribution is -2.76. The predicted octanol–water partition coefficient (Wildman–Crippen LogP) is 7.19. The molecule has 12 atom stereocenters. The molecule has 0 bridgehead atoms. The van der Waals surface area contributed by atoms with Crippen LogP contribution in [-0.4, -0.2) is 72.1 Å². The van der Waals surface area contributed by atoms with E-state index in [1.54, 1.807) is 20.1 Å². The minimum absolute atomic E-state index is 0.00203. The number of rotatable bonds is 7. The molecule has 0 aromatic carbocycles. The van der Waals surface area contributed by atoms with Crippen LogP contribution in [0.15, 0.2) is 34.9 Å². The van der Waals surface area contributed by atoms with Gasteiger partial charge in [-0.05, 0) is 100 Å². The molecule has 272 valence electrons. The maximum absolute atomic E-state index is 13.4. The van der Waals surface area contributed by atoms with E-state index < -0.39 is 46.6 Å². The monoisotopic (exact) mass is 670 g/mol. The van der Waals surface area contributed by atoms with E-state index in [4.69, 9.17) is 14.2 Å². The van der Waals surface area contributed by atoms with Crippen molar-refractivity contribution >= 4 is 5.97 Å². The van der Waals surface area contributed by atoms with Gasteiger partial charge in [0.2, 0.25) is 0 Å². The van der Waals surface area contributed by atoms with Gasteiger partial charge < -0.3 is 29.5 Å². The Morgan fingerprint density at radius 1 is 0.917 bits per heavy atom. The van der Waals surface area contributed by atoms with Gasteiger partial charge in [-0.2, -0.15) is 0 Å². The van der Waals surface area contributed by atoms with Gasteiger partial charge >= 0.3 is 5.97 Å². The molecule has 4 fully saturated rings. The van der Waals surface area contributed by atoms with Crippen LogP contribution in [0, 0.1) is 50.2 Å². The zero-order valence-corrected chi connectivity index (χ0v) is 32.0. The summed E-state index contributed by atoms with van der Waals surface area (Å²) in [4.78, 5) is 13.4. The van der Waals surface area contributed by atoms with E-state index in [1.165, 1.54) is 5.57 Å². The third-order valence-electron chi connectivity index (χ3n) is 15.5. The van der Waals surface area contributed by atoms with Gasteiger partial charge in [0.25, 0.3) is 0 Å². The van der Waals surface area contributed by atoms with Crippen molar-refractivity contribution in [3.63, 3.8) is 0 Å². The van der Waals surface area contributed by atoms with Gasteiger partial charge in [-0.1, -0.05) is 77.8 Å². The molecular formula is C41H66O7. The molecule has 5 aliphatic carbocycles. The summed E-state index contributed by atoms with van der Waals surface area (Å²) in [7, 11) is 1.64. The van der Waals surface area contributed by atoms with Gasteiger partial charge in [0.15, 0.2) is 0 Å². The number of hydrogen-bond acceptors (Lipinski definition) is 7. The van der Waals surface area contributed by atoms with Crippen molar-refractivity contribution in [2.75, 3.05) is 20.3 Å². The Bertz CT molecular complexity index is 1340. The zero-order valence-electron chi connectivity index (χ0n) is 32.0. The molecule has 0 heterocycles. The summed E-state index contributed by atoms with van der Waals surface area (Å²) in [6, 6.07) is 0. The average molecular weight is 671 g/mol. The normalized spacial score (nSPS) is 46.8. The molecule has 0 amide bonds. The Labute approximate surface area is 290 Å². The maximum atomic E-state index is 13.4. The van der Waals surface area contributed by atoms with E-state index in [0.29, 0.717) is 30.4 Å². The van der Waals surface area contributed by atoms with E-state index in [2.05, 4.69) is 54.5 Å². The molecule has 48 heavy (non-hydrogen) atoms. The van der Waals surface area contributed by atoms with E-state index in [0.717, 1.165) is 37.7 Å². The molecule has 0 aromatic heterocycles. The molecule has 0 aromatic rings. The number of esters is 1. The second-order valence-electron chi connectivity index (χ2n) is 18.4. The average Bonchev–Trinajstić information content (AvgIpc) is 3.02. The van der Waals surface area contributed by atoms with Crippen LogP contribution in [0.2, 0.25) is 0 Å².